The van der Waals surface area contributed by atoms with Gasteiger partial charge in [0, 0.05) is 12.6 Å². The molecule has 4 nitrogen and oxygen atoms in total. The largest absolute Gasteiger partial charge is 0.366 e. The van der Waals surface area contributed by atoms with E-state index in [1.54, 1.807) is 6.07 Å². The highest BCUT2D eigenvalue weighted by Crippen LogP contribution is 2.16. The van der Waals surface area contributed by atoms with Crippen LogP contribution in [-0.2, 0) is 6.54 Å². The van der Waals surface area contributed by atoms with Gasteiger partial charge in [0.1, 0.15) is 29.7 Å². The van der Waals surface area contributed by atoms with Crippen LogP contribution in [0.3, 0.4) is 0 Å². The zero-order chi connectivity index (χ0) is 13.0. The first kappa shape index (κ1) is 12.3. The van der Waals surface area contributed by atoms with Crippen LogP contribution in [-0.4, -0.2) is 9.97 Å². The number of nitrogens with zero attached hydrogens (tertiary/aromatic N) is 3. The molecule has 0 fully saturated rings. The third kappa shape index (κ3) is 2.93. The highest BCUT2D eigenvalue weighted by atomic mass is 35.5. The lowest BCUT2D eigenvalue weighted by atomic mass is 10.2. The SMILES string of the molecule is N#Cc1cc(NCc2ccc(F)c(Cl)c2)ncn1. The number of halogens is 2. The predicted molar refractivity (Wildman–Crippen MR) is 65.5 cm³/mol. The van der Waals surface area contributed by atoms with E-state index in [1.165, 1.54) is 24.5 Å². The van der Waals surface area contributed by atoms with Crippen molar-refractivity contribution in [2.75, 3.05) is 5.32 Å². The number of hydrogen-bond acceptors (Lipinski definition) is 4. The summed E-state index contributed by atoms with van der Waals surface area (Å²) in [6.07, 6.45) is 1.30. The van der Waals surface area contributed by atoms with Gasteiger partial charge >= 0.3 is 0 Å². The van der Waals surface area contributed by atoms with Gasteiger partial charge in [-0.25, -0.2) is 14.4 Å². The van der Waals surface area contributed by atoms with Gasteiger partial charge in [-0.2, -0.15) is 5.26 Å². The van der Waals surface area contributed by atoms with Crippen LogP contribution in [0.4, 0.5) is 10.2 Å². The zero-order valence-electron chi connectivity index (χ0n) is 9.19. The van der Waals surface area contributed by atoms with Gasteiger partial charge < -0.3 is 5.32 Å². The molecule has 0 bridgehead atoms. The maximum atomic E-state index is 13.0. The quantitative estimate of drug-likeness (QED) is 0.924. The van der Waals surface area contributed by atoms with Crippen LogP contribution in [0.1, 0.15) is 11.3 Å². The molecule has 1 heterocycles. The fourth-order valence-corrected chi connectivity index (χ4v) is 1.56. The van der Waals surface area contributed by atoms with Gasteiger partial charge in [-0.15, -0.1) is 0 Å². The van der Waals surface area contributed by atoms with E-state index in [0.717, 1.165) is 5.56 Å². The van der Waals surface area contributed by atoms with Crippen molar-refractivity contribution in [2.45, 2.75) is 6.54 Å². The second kappa shape index (κ2) is 5.43. The topological polar surface area (TPSA) is 61.6 Å². The lowest BCUT2D eigenvalue weighted by Gasteiger charge is -2.06. The molecule has 2 aromatic rings. The molecule has 0 unspecified atom stereocenters. The van der Waals surface area contributed by atoms with Gasteiger partial charge in [0.05, 0.1) is 5.02 Å². The third-order valence-electron chi connectivity index (χ3n) is 2.24. The Labute approximate surface area is 108 Å². The minimum Gasteiger partial charge on any atom is -0.366 e. The average molecular weight is 263 g/mol. The lowest BCUT2D eigenvalue weighted by Crippen LogP contribution is -2.02. The smallest absolute Gasteiger partial charge is 0.145 e. The Morgan fingerprint density at radius 1 is 1.33 bits per heavy atom. The summed E-state index contributed by atoms with van der Waals surface area (Å²) in [5, 5.41) is 11.8. The normalized spacial score (nSPS) is 9.83. The average Bonchev–Trinajstić information content (AvgIpc) is 2.40. The van der Waals surface area contributed by atoms with Crippen LogP contribution in [0, 0.1) is 17.1 Å². The summed E-state index contributed by atoms with van der Waals surface area (Å²) in [4.78, 5) is 7.72. The first-order chi connectivity index (χ1) is 8.69. The summed E-state index contributed by atoms with van der Waals surface area (Å²) in [5.74, 6) is 0.0798. The molecule has 0 saturated carbocycles. The molecule has 1 N–H and O–H groups in total. The first-order valence-corrected chi connectivity index (χ1v) is 5.47. The van der Waals surface area contributed by atoms with E-state index in [0.29, 0.717) is 12.4 Å². The number of rotatable bonds is 3. The summed E-state index contributed by atoms with van der Waals surface area (Å²) in [5.41, 5.74) is 1.10. The molecule has 0 atom stereocenters. The lowest BCUT2D eigenvalue weighted by molar-refractivity contribution is 0.627. The van der Waals surface area contributed by atoms with Gasteiger partial charge in [0.2, 0.25) is 0 Å². The summed E-state index contributed by atoms with van der Waals surface area (Å²) < 4.78 is 13.0. The molecule has 0 amide bonds. The number of nitrogens with one attached hydrogen (secondary N) is 1. The molecule has 90 valence electrons. The van der Waals surface area contributed by atoms with Gasteiger partial charge in [0.25, 0.3) is 0 Å². The Hall–Kier alpha value is -2.19. The second-order valence-corrected chi connectivity index (χ2v) is 3.91. The Morgan fingerprint density at radius 2 is 2.17 bits per heavy atom. The predicted octanol–water partition coefficient (Wildman–Crippen LogP) is 2.75. The van der Waals surface area contributed by atoms with E-state index >= 15 is 0 Å². The van der Waals surface area contributed by atoms with Gasteiger partial charge in [-0.1, -0.05) is 17.7 Å². The second-order valence-electron chi connectivity index (χ2n) is 3.50. The Balaban J connectivity index is 2.07. The van der Waals surface area contributed by atoms with E-state index in [9.17, 15) is 4.39 Å². The van der Waals surface area contributed by atoms with Crippen LogP contribution in [0.2, 0.25) is 5.02 Å². The minimum absolute atomic E-state index is 0.0784. The fourth-order valence-electron chi connectivity index (χ4n) is 1.36. The van der Waals surface area contributed by atoms with E-state index < -0.39 is 5.82 Å². The van der Waals surface area contributed by atoms with E-state index in [4.69, 9.17) is 16.9 Å². The highest BCUT2D eigenvalue weighted by Gasteiger charge is 2.02. The van der Waals surface area contributed by atoms with Crippen molar-refractivity contribution in [1.82, 2.24) is 9.97 Å². The number of aromatic nitrogens is 2. The van der Waals surface area contributed by atoms with Crippen LogP contribution >= 0.6 is 11.6 Å². The monoisotopic (exact) mass is 262 g/mol. The molecule has 6 heteroatoms. The van der Waals surface area contributed by atoms with Gasteiger partial charge in [-0.05, 0) is 17.7 Å². The molecule has 0 spiro atoms. The minimum atomic E-state index is -0.450. The summed E-state index contributed by atoms with van der Waals surface area (Å²) >= 11 is 5.67. The van der Waals surface area contributed by atoms with E-state index in [1.807, 2.05) is 6.07 Å². The highest BCUT2D eigenvalue weighted by molar-refractivity contribution is 6.30. The van der Waals surface area contributed by atoms with Crippen LogP contribution < -0.4 is 5.32 Å². The molecule has 0 saturated heterocycles. The van der Waals surface area contributed by atoms with Crippen molar-refractivity contribution in [3.8, 4) is 6.07 Å². The maximum absolute atomic E-state index is 13.0. The summed E-state index contributed by atoms with van der Waals surface area (Å²) in [6, 6.07) is 7.92. The van der Waals surface area contributed by atoms with Crippen molar-refractivity contribution in [1.29, 1.82) is 5.26 Å². The number of benzene rings is 1. The molecule has 0 aliphatic heterocycles. The van der Waals surface area contributed by atoms with Crippen molar-refractivity contribution in [3.05, 3.63) is 52.7 Å². The molecule has 0 aliphatic carbocycles. The number of hydrogen-bond donors (Lipinski definition) is 1. The van der Waals surface area contributed by atoms with Crippen molar-refractivity contribution < 1.29 is 4.39 Å². The standard InChI is InChI=1S/C12H8ClFN4/c13-10-3-8(1-2-11(10)14)6-16-12-4-9(5-15)17-7-18-12/h1-4,7H,6H2,(H,16,17,18). The molecule has 1 aromatic carbocycles. The number of nitriles is 1. The molecule has 18 heavy (non-hydrogen) atoms. The molecular formula is C12H8ClFN4. The zero-order valence-corrected chi connectivity index (χ0v) is 9.95. The maximum Gasteiger partial charge on any atom is 0.145 e. The van der Waals surface area contributed by atoms with Crippen LogP contribution in [0.25, 0.3) is 0 Å². The first-order valence-electron chi connectivity index (χ1n) is 5.09. The van der Waals surface area contributed by atoms with E-state index in [-0.39, 0.29) is 10.7 Å². The van der Waals surface area contributed by atoms with Crippen molar-refractivity contribution in [3.63, 3.8) is 0 Å². The van der Waals surface area contributed by atoms with Gasteiger partial charge in [-0.3, -0.25) is 0 Å². The van der Waals surface area contributed by atoms with Crippen molar-refractivity contribution >= 4 is 17.4 Å². The molecule has 0 aliphatic rings. The fraction of sp³-hybridized carbons (Fsp3) is 0.0833. The Kier molecular flexibility index (Phi) is 3.70. The van der Waals surface area contributed by atoms with Crippen molar-refractivity contribution in [2.24, 2.45) is 0 Å². The molecule has 0 radical (unpaired) electrons. The number of anilines is 1. The van der Waals surface area contributed by atoms with Crippen LogP contribution in [0.15, 0.2) is 30.6 Å². The van der Waals surface area contributed by atoms with Crippen LogP contribution in [0.5, 0.6) is 0 Å². The Bertz CT molecular complexity index is 609. The molecular weight excluding hydrogens is 255 g/mol. The molecule has 2 rings (SSSR count). The van der Waals surface area contributed by atoms with Gasteiger partial charge in [0.15, 0.2) is 0 Å². The summed E-state index contributed by atoms with van der Waals surface area (Å²) in [6.45, 7) is 0.432. The third-order valence-corrected chi connectivity index (χ3v) is 2.53. The summed E-state index contributed by atoms with van der Waals surface area (Å²) in [7, 11) is 0. The Morgan fingerprint density at radius 3 is 2.89 bits per heavy atom. The molecule has 1 aromatic heterocycles. The van der Waals surface area contributed by atoms with E-state index in [2.05, 4.69) is 15.3 Å².